The van der Waals surface area contributed by atoms with Crippen LogP contribution < -0.4 is 0 Å². The van der Waals surface area contributed by atoms with Crippen LogP contribution in [0, 0.1) is 0 Å². The average Bonchev–Trinajstić information content (AvgIpc) is 3.17. The highest BCUT2D eigenvalue weighted by molar-refractivity contribution is 7.89. The standard InChI is InChI=1S/C15H13ClF3NO2S2/c16-12-6-5-10(9-11(12)15(17,18)19)24(21,22)20-7-1-3-13(20)14-4-2-8-23-14/h2,4-6,8-9,13H,1,3,7H2/t13-/m1/s1. The third kappa shape index (κ3) is 3.20. The smallest absolute Gasteiger partial charge is 0.207 e. The van der Waals surface area contributed by atoms with Gasteiger partial charge in [-0.2, -0.15) is 17.5 Å². The van der Waals surface area contributed by atoms with Crippen molar-refractivity contribution < 1.29 is 21.6 Å². The number of nitrogens with zero attached hydrogens (tertiary/aromatic N) is 1. The van der Waals surface area contributed by atoms with Gasteiger partial charge in [0, 0.05) is 11.4 Å². The van der Waals surface area contributed by atoms with Crippen molar-refractivity contribution in [2.45, 2.75) is 30.0 Å². The van der Waals surface area contributed by atoms with E-state index in [1.165, 1.54) is 15.6 Å². The number of alkyl halides is 3. The third-order valence-electron chi connectivity index (χ3n) is 3.93. The number of hydrogen-bond acceptors (Lipinski definition) is 3. The molecule has 1 atom stereocenters. The van der Waals surface area contributed by atoms with E-state index in [9.17, 15) is 21.6 Å². The molecule has 0 N–H and O–H groups in total. The molecule has 1 fully saturated rings. The van der Waals surface area contributed by atoms with Crippen molar-refractivity contribution in [3.05, 3.63) is 51.2 Å². The Bertz CT molecular complexity index is 835. The molecule has 0 radical (unpaired) electrons. The summed E-state index contributed by atoms with van der Waals surface area (Å²) in [5, 5.41) is 1.33. The van der Waals surface area contributed by atoms with Gasteiger partial charge in [0.1, 0.15) is 0 Å². The Morgan fingerprint density at radius 1 is 1.25 bits per heavy atom. The molecule has 3 rings (SSSR count). The van der Waals surface area contributed by atoms with Crippen molar-refractivity contribution in [1.29, 1.82) is 0 Å². The largest absolute Gasteiger partial charge is 0.417 e. The molecule has 1 aliphatic heterocycles. The maximum atomic E-state index is 13.0. The van der Waals surface area contributed by atoms with Gasteiger partial charge in [-0.1, -0.05) is 17.7 Å². The van der Waals surface area contributed by atoms with Crippen LogP contribution in [0.15, 0.2) is 40.6 Å². The second kappa shape index (κ2) is 6.33. The van der Waals surface area contributed by atoms with Crippen molar-refractivity contribution in [2.24, 2.45) is 0 Å². The van der Waals surface area contributed by atoms with E-state index in [2.05, 4.69) is 0 Å². The van der Waals surface area contributed by atoms with E-state index >= 15 is 0 Å². The summed E-state index contributed by atoms with van der Waals surface area (Å²) in [4.78, 5) is 0.503. The first-order valence-electron chi connectivity index (χ1n) is 7.13. The van der Waals surface area contributed by atoms with E-state index in [4.69, 9.17) is 11.6 Å². The molecule has 0 amide bonds. The van der Waals surface area contributed by atoms with Crippen LogP contribution in [0.5, 0.6) is 0 Å². The Morgan fingerprint density at radius 3 is 2.62 bits per heavy atom. The Hall–Kier alpha value is -1.09. The van der Waals surface area contributed by atoms with Crippen molar-refractivity contribution in [3.63, 3.8) is 0 Å². The zero-order valence-electron chi connectivity index (χ0n) is 12.3. The van der Waals surface area contributed by atoms with Gasteiger partial charge in [0.15, 0.2) is 0 Å². The summed E-state index contributed by atoms with van der Waals surface area (Å²) in [7, 11) is -4.03. The Labute approximate surface area is 146 Å². The van der Waals surface area contributed by atoms with Crippen molar-refractivity contribution >= 4 is 33.0 Å². The molecule has 3 nitrogen and oxygen atoms in total. The van der Waals surface area contributed by atoms with E-state index < -0.39 is 26.8 Å². The molecule has 0 bridgehead atoms. The number of hydrogen-bond donors (Lipinski definition) is 0. The summed E-state index contributed by atoms with van der Waals surface area (Å²) < 4.78 is 66.0. The molecule has 1 aromatic carbocycles. The molecule has 2 heterocycles. The Kier molecular flexibility index (Phi) is 4.67. The van der Waals surface area contributed by atoms with Gasteiger partial charge >= 0.3 is 6.18 Å². The van der Waals surface area contributed by atoms with Crippen molar-refractivity contribution in [1.82, 2.24) is 4.31 Å². The number of sulfonamides is 1. The lowest BCUT2D eigenvalue weighted by molar-refractivity contribution is -0.137. The fourth-order valence-electron chi connectivity index (χ4n) is 2.81. The summed E-state index contributed by atoms with van der Waals surface area (Å²) in [6.07, 6.45) is -3.39. The van der Waals surface area contributed by atoms with Crippen LogP contribution in [0.2, 0.25) is 5.02 Å². The minimum absolute atomic E-state index is 0.287. The average molecular weight is 396 g/mol. The maximum absolute atomic E-state index is 13.0. The van der Waals surface area contributed by atoms with Crippen LogP contribution in [0.3, 0.4) is 0 Å². The minimum atomic E-state index is -4.71. The van der Waals surface area contributed by atoms with Crippen LogP contribution in [-0.2, 0) is 16.2 Å². The topological polar surface area (TPSA) is 37.4 Å². The monoisotopic (exact) mass is 395 g/mol. The minimum Gasteiger partial charge on any atom is -0.207 e. The molecule has 1 aromatic heterocycles. The molecule has 24 heavy (non-hydrogen) atoms. The van der Waals surface area contributed by atoms with Crippen LogP contribution in [0.25, 0.3) is 0 Å². The molecule has 1 saturated heterocycles. The highest BCUT2D eigenvalue weighted by Crippen LogP contribution is 2.40. The lowest BCUT2D eigenvalue weighted by atomic mass is 10.2. The molecule has 0 aliphatic carbocycles. The highest BCUT2D eigenvalue weighted by atomic mass is 35.5. The van der Waals surface area contributed by atoms with Crippen molar-refractivity contribution in [2.75, 3.05) is 6.54 Å². The summed E-state index contributed by atoms with van der Waals surface area (Å²) >= 11 is 7.01. The van der Waals surface area contributed by atoms with Crippen LogP contribution in [0.1, 0.15) is 29.3 Å². The second-order valence-corrected chi connectivity index (χ2v) is 8.71. The van der Waals surface area contributed by atoms with Gasteiger partial charge < -0.3 is 0 Å². The van der Waals surface area contributed by atoms with Gasteiger partial charge in [0.05, 0.1) is 21.5 Å². The van der Waals surface area contributed by atoms with E-state index in [-0.39, 0.29) is 17.5 Å². The normalized spacial score (nSPS) is 19.8. The van der Waals surface area contributed by atoms with Gasteiger partial charge in [-0.3, -0.25) is 0 Å². The van der Waals surface area contributed by atoms with Crippen LogP contribution >= 0.6 is 22.9 Å². The molecule has 1 aliphatic rings. The summed E-state index contributed by atoms with van der Waals surface area (Å²) in [5.41, 5.74) is -1.14. The Morgan fingerprint density at radius 2 is 2.00 bits per heavy atom. The van der Waals surface area contributed by atoms with E-state index in [1.54, 1.807) is 0 Å². The first-order chi connectivity index (χ1) is 11.2. The lowest BCUT2D eigenvalue weighted by Crippen LogP contribution is -2.30. The van der Waals surface area contributed by atoms with Gasteiger partial charge in [-0.05, 0) is 42.5 Å². The second-order valence-electron chi connectivity index (χ2n) is 5.43. The lowest BCUT2D eigenvalue weighted by Gasteiger charge is -2.24. The van der Waals surface area contributed by atoms with Crippen LogP contribution in [0.4, 0.5) is 13.2 Å². The number of rotatable bonds is 3. The fourth-order valence-corrected chi connectivity index (χ4v) is 5.68. The van der Waals surface area contributed by atoms with Gasteiger partial charge in [-0.15, -0.1) is 11.3 Å². The molecular weight excluding hydrogens is 383 g/mol. The first kappa shape index (κ1) is 17.7. The molecule has 9 heteroatoms. The van der Waals surface area contributed by atoms with E-state index in [0.717, 1.165) is 17.0 Å². The van der Waals surface area contributed by atoms with Gasteiger partial charge in [0.2, 0.25) is 10.0 Å². The molecule has 0 spiro atoms. The fraction of sp³-hybridized carbons (Fsp3) is 0.333. The zero-order chi connectivity index (χ0) is 17.5. The third-order valence-corrected chi connectivity index (χ3v) is 7.13. The predicted octanol–water partition coefficient (Wildman–Crippen LogP) is 4.95. The number of benzene rings is 1. The summed E-state index contributed by atoms with van der Waals surface area (Å²) in [6, 6.07) is 6.05. The zero-order valence-corrected chi connectivity index (χ0v) is 14.6. The number of thiophene rings is 1. The molecule has 130 valence electrons. The quantitative estimate of drug-likeness (QED) is 0.737. The van der Waals surface area contributed by atoms with Crippen LogP contribution in [-0.4, -0.2) is 19.3 Å². The van der Waals surface area contributed by atoms with Crippen molar-refractivity contribution in [3.8, 4) is 0 Å². The predicted molar refractivity (Wildman–Crippen MR) is 86.6 cm³/mol. The van der Waals surface area contributed by atoms with E-state index in [1.807, 2.05) is 17.5 Å². The molecule has 0 saturated carbocycles. The Balaban J connectivity index is 2.02. The summed E-state index contributed by atoms with van der Waals surface area (Å²) in [6.45, 7) is 0.287. The first-order valence-corrected chi connectivity index (χ1v) is 9.83. The molecule has 0 unspecified atom stereocenters. The van der Waals surface area contributed by atoms with E-state index in [0.29, 0.717) is 18.9 Å². The maximum Gasteiger partial charge on any atom is 0.417 e. The number of halogens is 4. The van der Waals surface area contributed by atoms with Gasteiger partial charge in [0.25, 0.3) is 0 Å². The summed E-state index contributed by atoms with van der Waals surface area (Å²) in [5.74, 6) is 0. The SMILES string of the molecule is O=S(=O)(c1ccc(Cl)c(C(F)(F)F)c1)N1CCC[C@@H]1c1cccs1. The van der Waals surface area contributed by atoms with Gasteiger partial charge in [-0.25, -0.2) is 8.42 Å². The molecular formula is C15H13ClF3NO2S2. The molecule has 2 aromatic rings. The highest BCUT2D eigenvalue weighted by Gasteiger charge is 2.39.